The Morgan fingerprint density at radius 1 is 1.67 bits per heavy atom. The summed E-state index contributed by atoms with van der Waals surface area (Å²) in [7, 11) is 0. The number of carbonyl (C=O) groups is 2. The van der Waals surface area contributed by atoms with Crippen molar-refractivity contribution < 1.29 is 14.3 Å². The number of aldehydes is 1. The molecule has 0 aromatic heterocycles. The van der Waals surface area contributed by atoms with Crippen LogP contribution in [0.3, 0.4) is 0 Å². The van der Waals surface area contributed by atoms with Crippen LogP contribution in [0.5, 0.6) is 0 Å². The average molecular weight is 231 g/mol. The highest BCUT2D eigenvalue weighted by atomic mass is 79.9. The highest BCUT2D eigenvalue weighted by molar-refractivity contribution is 9.11. The van der Waals surface area contributed by atoms with Gasteiger partial charge in [0, 0.05) is 10.4 Å². The molecule has 3 aliphatic rings. The monoisotopic (exact) mass is 230 g/mol. The minimum absolute atomic E-state index is 0.183. The van der Waals surface area contributed by atoms with Crippen molar-refractivity contribution in [1.29, 1.82) is 0 Å². The molecular formula is C8H7BrO3. The molecule has 0 spiro atoms. The van der Waals surface area contributed by atoms with E-state index in [2.05, 4.69) is 15.9 Å². The van der Waals surface area contributed by atoms with Crippen molar-refractivity contribution in [2.75, 3.05) is 0 Å². The van der Waals surface area contributed by atoms with Gasteiger partial charge in [-0.2, -0.15) is 0 Å². The van der Waals surface area contributed by atoms with Gasteiger partial charge in [0.15, 0.2) is 0 Å². The molecule has 1 aliphatic carbocycles. The summed E-state index contributed by atoms with van der Waals surface area (Å²) in [6, 6.07) is 0. The van der Waals surface area contributed by atoms with Crippen LogP contribution in [-0.4, -0.2) is 18.4 Å². The molecule has 3 rings (SSSR count). The number of hydrogen-bond donors (Lipinski definition) is 0. The van der Waals surface area contributed by atoms with Crippen LogP contribution >= 0.6 is 15.9 Å². The van der Waals surface area contributed by atoms with Gasteiger partial charge in [-0.15, -0.1) is 0 Å². The minimum Gasteiger partial charge on any atom is -0.456 e. The molecule has 0 aromatic carbocycles. The van der Waals surface area contributed by atoms with Gasteiger partial charge in [-0.3, -0.25) is 4.79 Å². The van der Waals surface area contributed by atoms with Crippen LogP contribution in [0.4, 0.5) is 0 Å². The van der Waals surface area contributed by atoms with Crippen LogP contribution in [-0.2, 0) is 14.3 Å². The molecular weight excluding hydrogens is 224 g/mol. The molecule has 0 amide bonds. The topological polar surface area (TPSA) is 43.4 Å². The van der Waals surface area contributed by atoms with Crippen molar-refractivity contribution in [1.82, 2.24) is 0 Å². The summed E-state index contributed by atoms with van der Waals surface area (Å²) >= 11 is 3.30. The summed E-state index contributed by atoms with van der Waals surface area (Å²) in [5.41, 5.74) is 0. The third kappa shape index (κ3) is 1.02. The number of rotatable bonds is 1. The van der Waals surface area contributed by atoms with E-state index in [1.165, 1.54) is 0 Å². The van der Waals surface area contributed by atoms with E-state index in [9.17, 15) is 9.59 Å². The zero-order valence-corrected chi connectivity index (χ0v) is 7.78. The van der Waals surface area contributed by atoms with Gasteiger partial charge in [0.25, 0.3) is 0 Å². The molecule has 0 saturated carbocycles. The van der Waals surface area contributed by atoms with Crippen molar-refractivity contribution in [3.8, 4) is 0 Å². The lowest BCUT2D eigenvalue weighted by molar-refractivity contribution is -0.162. The van der Waals surface area contributed by atoms with E-state index in [0.717, 1.165) is 10.8 Å². The minimum atomic E-state index is -0.359. The maximum atomic E-state index is 11.1. The largest absolute Gasteiger partial charge is 0.456 e. The summed E-state index contributed by atoms with van der Waals surface area (Å²) in [4.78, 5) is 21.7. The van der Waals surface area contributed by atoms with Gasteiger partial charge in [0.05, 0.1) is 5.92 Å². The van der Waals surface area contributed by atoms with Gasteiger partial charge in [-0.1, -0.05) is 22.0 Å². The highest BCUT2D eigenvalue weighted by Crippen LogP contribution is 2.38. The zero-order chi connectivity index (χ0) is 8.72. The molecule has 2 aliphatic heterocycles. The van der Waals surface area contributed by atoms with Crippen LogP contribution in [0.2, 0.25) is 0 Å². The quantitative estimate of drug-likeness (QED) is 0.500. The predicted octanol–water partition coefficient (Wildman–Crippen LogP) is 1.03. The number of fused-ring (bicyclic) bond motifs is 2. The lowest BCUT2D eigenvalue weighted by atomic mass is 9.81. The zero-order valence-electron chi connectivity index (χ0n) is 6.20. The molecule has 0 radical (unpaired) electrons. The first-order valence-corrected chi connectivity index (χ1v) is 4.54. The Morgan fingerprint density at radius 2 is 2.42 bits per heavy atom. The molecule has 64 valence electrons. The summed E-state index contributed by atoms with van der Waals surface area (Å²) in [6.45, 7) is 0. The highest BCUT2D eigenvalue weighted by Gasteiger charge is 2.42. The molecule has 2 bridgehead atoms. The Balaban J connectivity index is 2.34. The standard InChI is InChI=1S/C8H7BrO3/c9-6-2-5-4(3-10)1-7(6)12-8(5)11/h2-5,7H,1H2/t4-,5+,7+/m0/s1. The van der Waals surface area contributed by atoms with Gasteiger partial charge in [-0.25, -0.2) is 0 Å². The van der Waals surface area contributed by atoms with E-state index in [1.54, 1.807) is 6.08 Å². The fraction of sp³-hybridized carbons (Fsp3) is 0.500. The summed E-state index contributed by atoms with van der Waals surface area (Å²) in [5.74, 6) is -0.814. The van der Waals surface area contributed by atoms with E-state index < -0.39 is 0 Å². The van der Waals surface area contributed by atoms with Crippen molar-refractivity contribution in [3.63, 3.8) is 0 Å². The molecule has 0 N–H and O–H groups in total. The molecule has 3 atom stereocenters. The second kappa shape index (κ2) is 2.69. The van der Waals surface area contributed by atoms with Crippen LogP contribution in [0, 0.1) is 11.8 Å². The van der Waals surface area contributed by atoms with E-state index in [4.69, 9.17) is 4.74 Å². The fourth-order valence-electron chi connectivity index (χ4n) is 1.62. The van der Waals surface area contributed by atoms with Gasteiger partial charge < -0.3 is 9.53 Å². The van der Waals surface area contributed by atoms with Gasteiger partial charge >= 0.3 is 5.97 Å². The van der Waals surface area contributed by atoms with Crippen LogP contribution in [0.15, 0.2) is 10.6 Å². The number of carbonyl (C=O) groups excluding carboxylic acids is 2. The third-order valence-corrected chi connectivity index (χ3v) is 3.07. The third-order valence-electron chi connectivity index (χ3n) is 2.30. The summed E-state index contributed by atoms with van der Waals surface area (Å²) < 4.78 is 5.91. The first kappa shape index (κ1) is 7.98. The lowest BCUT2D eigenvalue weighted by Crippen LogP contribution is -2.42. The summed E-state index contributed by atoms with van der Waals surface area (Å²) in [6.07, 6.45) is 3.02. The molecule has 2 heterocycles. The fourth-order valence-corrected chi connectivity index (χ4v) is 2.18. The van der Waals surface area contributed by atoms with Gasteiger partial charge in [0.2, 0.25) is 0 Å². The van der Waals surface area contributed by atoms with Crippen LogP contribution in [0.1, 0.15) is 6.42 Å². The molecule has 1 saturated heterocycles. The second-order valence-corrected chi connectivity index (χ2v) is 3.95. The molecule has 4 heteroatoms. The number of hydrogen-bond acceptors (Lipinski definition) is 3. The Morgan fingerprint density at radius 3 is 3.00 bits per heavy atom. The van der Waals surface area contributed by atoms with E-state index >= 15 is 0 Å². The number of esters is 1. The smallest absolute Gasteiger partial charge is 0.314 e. The Hall–Kier alpha value is -0.640. The van der Waals surface area contributed by atoms with Crippen molar-refractivity contribution in [2.45, 2.75) is 12.5 Å². The predicted molar refractivity (Wildman–Crippen MR) is 44.6 cm³/mol. The van der Waals surface area contributed by atoms with Crippen LogP contribution in [0.25, 0.3) is 0 Å². The van der Waals surface area contributed by atoms with Crippen molar-refractivity contribution in [2.24, 2.45) is 11.8 Å². The molecule has 3 nitrogen and oxygen atoms in total. The number of halogens is 1. The Kier molecular flexibility index (Phi) is 1.79. The number of ether oxygens (including phenoxy) is 1. The summed E-state index contributed by atoms with van der Waals surface area (Å²) in [5, 5.41) is 0. The average Bonchev–Trinajstić information content (AvgIpc) is 2.06. The van der Waals surface area contributed by atoms with E-state index in [1.807, 2.05) is 0 Å². The normalized spacial score (nSPS) is 38.9. The Bertz CT molecular complexity index is 271. The maximum Gasteiger partial charge on any atom is 0.314 e. The maximum absolute atomic E-state index is 11.1. The first-order chi connectivity index (χ1) is 5.72. The molecule has 1 fully saturated rings. The van der Waals surface area contributed by atoms with Crippen molar-refractivity contribution >= 4 is 28.2 Å². The van der Waals surface area contributed by atoms with Gasteiger partial charge in [-0.05, 0) is 6.42 Å². The lowest BCUT2D eigenvalue weighted by Gasteiger charge is -2.35. The Labute approximate surface area is 77.9 Å². The van der Waals surface area contributed by atoms with Crippen LogP contribution < -0.4 is 0 Å². The van der Waals surface area contributed by atoms with Crippen molar-refractivity contribution in [3.05, 3.63) is 10.6 Å². The molecule has 12 heavy (non-hydrogen) atoms. The molecule has 0 unspecified atom stereocenters. The molecule has 0 aromatic rings. The first-order valence-electron chi connectivity index (χ1n) is 3.75. The van der Waals surface area contributed by atoms with E-state index in [0.29, 0.717) is 6.42 Å². The second-order valence-electron chi connectivity index (χ2n) is 3.04. The SMILES string of the molecule is O=C[C@@H]1C[C@H]2OC(=O)[C@@H]1C=C2Br. The van der Waals surface area contributed by atoms with E-state index in [-0.39, 0.29) is 23.9 Å². The van der Waals surface area contributed by atoms with Gasteiger partial charge in [0.1, 0.15) is 12.4 Å².